The minimum absolute atomic E-state index is 0.229. The second-order valence-corrected chi connectivity index (χ2v) is 6.51. The lowest BCUT2D eigenvalue weighted by atomic mass is 10.1. The van der Waals surface area contributed by atoms with Crippen molar-refractivity contribution in [3.8, 4) is 6.07 Å². The van der Waals surface area contributed by atoms with Gasteiger partial charge in [-0.05, 0) is 42.8 Å². The third-order valence-corrected chi connectivity index (χ3v) is 4.88. The van der Waals surface area contributed by atoms with Gasteiger partial charge < -0.3 is 10.6 Å². The summed E-state index contributed by atoms with van der Waals surface area (Å²) in [5.74, 6) is 0. The third kappa shape index (κ3) is 3.75. The smallest absolute Gasteiger partial charge is 0.312 e. The number of anilines is 2. The molecule has 0 spiro atoms. The summed E-state index contributed by atoms with van der Waals surface area (Å²) in [5, 5.41) is 18.0. The van der Waals surface area contributed by atoms with Gasteiger partial charge in [0, 0.05) is 17.1 Å². The van der Waals surface area contributed by atoms with Crippen molar-refractivity contribution in [1.29, 1.82) is 5.26 Å². The molecule has 2 aromatic rings. The molecule has 1 aliphatic heterocycles. The van der Waals surface area contributed by atoms with Gasteiger partial charge in [0.05, 0.1) is 11.1 Å². The summed E-state index contributed by atoms with van der Waals surface area (Å²) in [6.07, 6.45) is -3.70. The van der Waals surface area contributed by atoms with E-state index in [1.165, 1.54) is 23.5 Å². The van der Waals surface area contributed by atoms with Crippen LogP contribution in [0.4, 0.5) is 28.7 Å². The molecule has 1 aliphatic rings. The van der Waals surface area contributed by atoms with E-state index in [1.54, 1.807) is 0 Å². The van der Waals surface area contributed by atoms with Crippen LogP contribution in [0, 0.1) is 11.3 Å². The summed E-state index contributed by atoms with van der Waals surface area (Å²) < 4.78 is 37.6. The molecule has 0 saturated heterocycles. The monoisotopic (exact) mass is 366 g/mol. The van der Waals surface area contributed by atoms with Crippen molar-refractivity contribution in [2.24, 2.45) is 0 Å². The van der Waals surface area contributed by atoms with Gasteiger partial charge in [-0.2, -0.15) is 18.4 Å². The van der Waals surface area contributed by atoms with E-state index < -0.39 is 17.8 Å². The van der Waals surface area contributed by atoms with Gasteiger partial charge in [0.2, 0.25) is 0 Å². The van der Waals surface area contributed by atoms with E-state index in [0.717, 1.165) is 35.5 Å². The lowest BCUT2D eigenvalue weighted by Crippen LogP contribution is -2.22. The molecular weight excluding hydrogens is 353 g/mol. The molecule has 3 rings (SSSR count). The van der Waals surface area contributed by atoms with Crippen LogP contribution in [0.15, 0.2) is 24.3 Å². The summed E-state index contributed by atoms with van der Waals surface area (Å²) >= 11 is 1.33. The van der Waals surface area contributed by atoms with Crippen LogP contribution in [-0.4, -0.2) is 12.6 Å². The first-order valence-corrected chi connectivity index (χ1v) is 8.21. The Bertz CT molecular complexity index is 837. The Hall–Kier alpha value is -2.57. The van der Waals surface area contributed by atoms with Gasteiger partial charge in [0.15, 0.2) is 0 Å². The zero-order valence-corrected chi connectivity index (χ0v) is 13.6. The lowest BCUT2D eigenvalue weighted by molar-refractivity contribution is -0.137. The number of benzene rings is 1. The van der Waals surface area contributed by atoms with Crippen molar-refractivity contribution in [1.82, 2.24) is 5.32 Å². The maximum atomic E-state index is 12.5. The average molecular weight is 366 g/mol. The molecule has 2 amide bonds. The topological polar surface area (TPSA) is 77.0 Å². The van der Waals surface area contributed by atoms with Crippen LogP contribution in [0.1, 0.15) is 21.6 Å². The Morgan fingerprint density at radius 2 is 1.96 bits per heavy atom. The first kappa shape index (κ1) is 17.3. The van der Waals surface area contributed by atoms with Gasteiger partial charge in [-0.1, -0.05) is 0 Å². The number of hydrogen-bond acceptors (Lipinski definition) is 4. The Morgan fingerprint density at radius 1 is 1.24 bits per heavy atom. The van der Waals surface area contributed by atoms with Crippen molar-refractivity contribution >= 4 is 28.1 Å². The summed E-state index contributed by atoms with van der Waals surface area (Å²) in [7, 11) is 0. The molecule has 0 fully saturated rings. The molecule has 0 aliphatic carbocycles. The molecule has 2 heterocycles. The molecule has 0 unspecified atom stereocenters. The number of thiophene rings is 1. The maximum absolute atomic E-state index is 12.5. The number of nitrogens with one attached hydrogen (secondary N) is 3. The second kappa shape index (κ2) is 6.74. The summed E-state index contributed by atoms with van der Waals surface area (Å²) in [6.45, 7) is 1.42. The first-order valence-electron chi connectivity index (χ1n) is 7.39. The molecule has 25 heavy (non-hydrogen) atoms. The largest absolute Gasteiger partial charge is 0.416 e. The van der Waals surface area contributed by atoms with Crippen molar-refractivity contribution in [2.75, 3.05) is 17.2 Å². The number of carbonyl (C=O) groups excluding carboxylic acids is 1. The summed E-state index contributed by atoms with van der Waals surface area (Å²) in [4.78, 5) is 13.1. The number of urea groups is 1. The molecule has 0 saturated carbocycles. The third-order valence-electron chi connectivity index (χ3n) is 3.74. The van der Waals surface area contributed by atoms with E-state index in [4.69, 9.17) is 0 Å². The van der Waals surface area contributed by atoms with Crippen LogP contribution in [0.5, 0.6) is 0 Å². The fourth-order valence-corrected chi connectivity index (χ4v) is 3.71. The predicted molar refractivity (Wildman–Crippen MR) is 88.5 cm³/mol. The van der Waals surface area contributed by atoms with Gasteiger partial charge in [0.1, 0.15) is 11.1 Å². The van der Waals surface area contributed by atoms with Gasteiger partial charge in [0.25, 0.3) is 0 Å². The van der Waals surface area contributed by atoms with E-state index in [-0.39, 0.29) is 5.69 Å². The zero-order chi connectivity index (χ0) is 18.0. The summed E-state index contributed by atoms with van der Waals surface area (Å²) in [6, 6.07) is 5.65. The Labute approximate surface area is 145 Å². The molecular formula is C16H13F3N4OS. The number of nitriles is 1. The number of carbonyl (C=O) groups is 1. The highest BCUT2D eigenvalue weighted by Gasteiger charge is 2.30. The number of halogens is 3. The Balaban J connectivity index is 1.71. The highest BCUT2D eigenvalue weighted by molar-refractivity contribution is 7.16. The molecule has 1 aromatic heterocycles. The quantitative estimate of drug-likeness (QED) is 0.754. The van der Waals surface area contributed by atoms with Crippen LogP contribution in [0.2, 0.25) is 0 Å². The van der Waals surface area contributed by atoms with Crippen LogP contribution in [0.3, 0.4) is 0 Å². The summed E-state index contributed by atoms with van der Waals surface area (Å²) in [5.41, 5.74) is 0.829. The molecule has 0 radical (unpaired) electrons. The number of hydrogen-bond donors (Lipinski definition) is 3. The average Bonchev–Trinajstić information content (AvgIpc) is 2.91. The Kier molecular flexibility index (Phi) is 4.65. The zero-order valence-electron chi connectivity index (χ0n) is 12.8. The minimum Gasteiger partial charge on any atom is -0.312 e. The minimum atomic E-state index is -4.42. The van der Waals surface area contributed by atoms with E-state index in [0.29, 0.717) is 17.1 Å². The van der Waals surface area contributed by atoms with E-state index in [9.17, 15) is 23.2 Å². The number of nitrogens with zero attached hydrogens (tertiary/aromatic N) is 1. The van der Waals surface area contributed by atoms with Gasteiger partial charge in [-0.3, -0.25) is 5.32 Å². The van der Waals surface area contributed by atoms with E-state index in [1.807, 2.05) is 0 Å². The SMILES string of the molecule is N#Cc1c(NC(=O)Nc2ccc(C(F)(F)F)cc2)sc2c1CCNC2. The standard InChI is InChI=1S/C16H13F3N4OS/c17-16(18,19)9-1-3-10(4-2-9)22-15(24)23-14-12(7-20)11-5-6-21-8-13(11)25-14/h1-4,21H,5-6,8H2,(H2,22,23,24). The van der Waals surface area contributed by atoms with Crippen LogP contribution >= 0.6 is 11.3 Å². The molecule has 3 N–H and O–H groups in total. The van der Waals surface area contributed by atoms with Crippen molar-refractivity contribution < 1.29 is 18.0 Å². The van der Waals surface area contributed by atoms with Crippen molar-refractivity contribution in [3.05, 3.63) is 45.8 Å². The molecule has 1 aromatic carbocycles. The molecule has 0 atom stereocenters. The fourth-order valence-electron chi connectivity index (χ4n) is 2.55. The highest BCUT2D eigenvalue weighted by Crippen LogP contribution is 2.35. The number of amides is 2. The molecule has 0 bridgehead atoms. The number of alkyl halides is 3. The fraction of sp³-hybridized carbons (Fsp3) is 0.250. The van der Waals surface area contributed by atoms with E-state index >= 15 is 0 Å². The number of rotatable bonds is 2. The van der Waals surface area contributed by atoms with Gasteiger partial charge in [-0.25, -0.2) is 4.79 Å². The maximum Gasteiger partial charge on any atom is 0.416 e. The highest BCUT2D eigenvalue weighted by atomic mass is 32.1. The van der Waals surface area contributed by atoms with Crippen molar-refractivity contribution in [2.45, 2.75) is 19.1 Å². The normalized spacial score (nSPS) is 13.7. The van der Waals surface area contributed by atoms with E-state index in [2.05, 4.69) is 22.0 Å². The first-order chi connectivity index (χ1) is 11.9. The van der Waals surface area contributed by atoms with Crippen LogP contribution < -0.4 is 16.0 Å². The predicted octanol–water partition coefficient (Wildman–Crippen LogP) is 3.93. The second-order valence-electron chi connectivity index (χ2n) is 5.40. The Morgan fingerprint density at radius 3 is 2.60 bits per heavy atom. The number of fused-ring (bicyclic) bond motifs is 1. The molecule has 5 nitrogen and oxygen atoms in total. The molecule has 9 heteroatoms. The van der Waals surface area contributed by atoms with Crippen LogP contribution in [0.25, 0.3) is 0 Å². The van der Waals surface area contributed by atoms with Crippen LogP contribution in [-0.2, 0) is 19.1 Å². The van der Waals surface area contributed by atoms with Gasteiger partial charge in [-0.15, -0.1) is 11.3 Å². The van der Waals surface area contributed by atoms with Crippen molar-refractivity contribution in [3.63, 3.8) is 0 Å². The lowest BCUT2D eigenvalue weighted by Gasteiger charge is -2.11. The molecule has 130 valence electrons. The van der Waals surface area contributed by atoms with Gasteiger partial charge >= 0.3 is 12.2 Å².